The molecule has 1 saturated heterocycles. The number of nitrogens with one attached hydrogen (secondary N) is 1. The van der Waals surface area contributed by atoms with E-state index in [4.69, 9.17) is 16.3 Å². The Morgan fingerprint density at radius 2 is 2.00 bits per heavy atom. The zero-order chi connectivity index (χ0) is 19.2. The molecule has 6 nitrogen and oxygen atoms in total. The SMILES string of the molecule is CN(C)c1ncccc1C(=O)NCC(c1ccccc1Cl)N1CCOCC1. The predicted octanol–water partition coefficient (Wildman–Crippen LogP) is 2.60. The number of ether oxygens (including phenoxy) is 1. The Balaban J connectivity index is 1.79. The highest BCUT2D eigenvalue weighted by Crippen LogP contribution is 2.28. The molecule has 0 radical (unpaired) electrons. The number of carbonyl (C=O) groups excluding carboxylic acids is 1. The summed E-state index contributed by atoms with van der Waals surface area (Å²) in [6, 6.07) is 11.3. The van der Waals surface area contributed by atoms with Gasteiger partial charge in [-0.2, -0.15) is 0 Å². The van der Waals surface area contributed by atoms with Gasteiger partial charge in [0.05, 0.1) is 24.8 Å². The molecule has 1 aliphatic rings. The van der Waals surface area contributed by atoms with Crippen molar-refractivity contribution in [2.24, 2.45) is 0 Å². The Hall–Kier alpha value is -2.15. The van der Waals surface area contributed by atoms with Crippen LogP contribution in [0.25, 0.3) is 0 Å². The lowest BCUT2D eigenvalue weighted by atomic mass is 10.0. The summed E-state index contributed by atoms with van der Waals surface area (Å²) in [5.41, 5.74) is 1.57. The topological polar surface area (TPSA) is 57.7 Å². The van der Waals surface area contributed by atoms with E-state index in [9.17, 15) is 4.79 Å². The Labute approximate surface area is 165 Å². The van der Waals surface area contributed by atoms with Crippen LogP contribution in [0, 0.1) is 0 Å². The minimum atomic E-state index is -0.142. The average molecular weight is 389 g/mol. The van der Waals surface area contributed by atoms with E-state index in [1.807, 2.05) is 43.3 Å². The molecular weight excluding hydrogens is 364 g/mol. The summed E-state index contributed by atoms with van der Waals surface area (Å²) in [6.45, 7) is 3.44. The van der Waals surface area contributed by atoms with Crippen molar-refractivity contribution in [3.63, 3.8) is 0 Å². The van der Waals surface area contributed by atoms with Gasteiger partial charge in [0.1, 0.15) is 5.82 Å². The smallest absolute Gasteiger partial charge is 0.255 e. The molecule has 1 fully saturated rings. The molecule has 1 aliphatic heterocycles. The Bertz CT molecular complexity index is 778. The molecule has 1 N–H and O–H groups in total. The summed E-state index contributed by atoms with van der Waals surface area (Å²) >= 11 is 6.45. The van der Waals surface area contributed by atoms with E-state index in [-0.39, 0.29) is 11.9 Å². The van der Waals surface area contributed by atoms with Crippen LogP contribution in [-0.2, 0) is 4.74 Å². The summed E-state index contributed by atoms with van der Waals surface area (Å²) in [5.74, 6) is 0.507. The lowest BCUT2D eigenvalue weighted by molar-refractivity contribution is 0.0162. The van der Waals surface area contributed by atoms with Crippen LogP contribution in [0.3, 0.4) is 0 Å². The average Bonchev–Trinajstić information content (AvgIpc) is 2.70. The third-order valence-corrected chi connectivity index (χ3v) is 5.01. The molecule has 0 spiro atoms. The van der Waals surface area contributed by atoms with Crippen LogP contribution in [0.15, 0.2) is 42.6 Å². The molecular formula is C20H25ClN4O2. The molecule has 0 aliphatic carbocycles. The largest absolute Gasteiger partial charge is 0.379 e. The number of hydrogen-bond acceptors (Lipinski definition) is 5. The highest BCUT2D eigenvalue weighted by molar-refractivity contribution is 6.31. The first kappa shape index (κ1) is 19.6. The molecule has 3 rings (SSSR count). The number of aromatic nitrogens is 1. The van der Waals surface area contributed by atoms with Gasteiger partial charge in [-0.25, -0.2) is 4.98 Å². The number of pyridine rings is 1. The van der Waals surface area contributed by atoms with Crippen molar-refractivity contribution in [1.29, 1.82) is 0 Å². The second kappa shape index (κ2) is 9.17. The minimum absolute atomic E-state index is 0.00831. The predicted molar refractivity (Wildman–Crippen MR) is 107 cm³/mol. The van der Waals surface area contributed by atoms with E-state index in [1.165, 1.54) is 0 Å². The maximum absolute atomic E-state index is 12.8. The first-order valence-corrected chi connectivity index (χ1v) is 9.42. The van der Waals surface area contributed by atoms with Gasteiger partial charge in [-0.1, -0.05) is 29.8 Å². The molecule has 1 aromatic carbocycles. The zero-order valence-corrected chi connectivity index (χ0v) is 16.4. The van der Waals surface area contributed by atoms with Crippen molar-refractivity contribution < 1.29 is 9.53 Å². The number of morpholine rings is 1. The van der Waals surface area contributed by atoms with Gasteiger partial charge >= 0.3 is 0 Å². The maximum Gasteiger partial charge on any atom is 0.255 e. The van der Waals surface area contributed by atoms with Crippen molar-refractivity contribution in [1.82, 2.24) is 15.2 Å². The number of amides is 1. The molecule has 2 heterocycles. The van der Waals surface area contributed by atoms with Gasteiger partial charge in [0.15, 0.2) is 0 Å². The van der Waals surface area contributed by atoms with Crippen LogP contribution < -0.4 is 10.2 Å². The fraction of sp³-hybridized carbons (Fsp3) is 0.400. The Morgan fingerprint density at radius 3 is 2.70 bits per heavy atom. The highest BCUT2D eigenvalue weighted by atomic mass is 35.5. The summed E-state index contributed by atoms with van der Waals surface area (Å²) in [5, 5.41) is 3.78. The molecule has 0 saturated carbocycles. The molecule has 1 aromatic heterocycles. The summed E-state index contributed by atoms with van der Waals surface area (Å²) in [7, 11) is 3.75. The second-order valence-electron chi connectivity index (χ2n) is 6.66. The number of benzene rings is 1. The fourth-order valence-corrected chi connectivity index (χ4v) is 3.55. The van der Waals surface area contributed by atoms with Crippen LogP contribution in [0.5, 0.6) is 0 Å². The molecule has 27 heavy (non-hydrogen) atoms. The number of nitrogens with zero attached hydrogens (tertiary/aromatic N) is 3. The number of carbonyl (C=O) groups is 1. The van der Waals surface area contributed by atoms with Gasteiger partial charge < -0.3 is 15.0 Å². The van der Waals surface area contributed by atoms with Gasteiger partial charge in [-0.3, -0.25) is 9.69 Å². The van der Waals surface area contributed by atoms with Crippen LogP contribution in [0.2, 0.25) is 5.02 Å². The molecule has 1 amide bonds. The molecule has 0 bridgehead atoms. The van der Waals surface area contributed by atoms with E-state index in [0.29, 0.717) is 36.2 Å². The quantitative estimate of drug-likeness (QED) is 0.824. The normalized spacial score (nSPS) is 16.0. The number of halogens is 1. The lowest BCUT2D eigenvalue weighted by Crippen LogP contribution is -2.44. The molecule has 144 valence electrons. The van der Waals surface area contributed by atoms with Gasteiger partial charge in [-0.05, 0) is 23.8 Å². The van der Waals surface area contributed by atoms with Crippen LogP contribution in [0.1, 0.15) is 22.0 Å². The first-order valence-electron chi connectivity index (χ1n) is 9.04. The fourth-order valence-electron chi connectivity index (χ4n) is 3.29. The number of anilines is 1. The first-order chi connectivity index (χ1) is 13.1. The Kier molecular flexibility index (Phi) is 6.66. The summed E-state index contributed by atoms with van der Waals surface area (Å²) in [6.07, 6.45) is 1.69. The van der Waals surface area contributed by atoms with Crippen molar-refractivity contribution in [2.45, 2.75) is 6.04 Å². The molecule has 7 heteroatoms. The van der Waals surface area contributed by atoms with Gasteiger partial charge in [-0.15, -0.1) is 0 Å². The van der Waals surface area contributed by atoms with Crippen molar-refractivity contribution in [3.8, 4) is 0 Å². The van der Waals surface area contributed by atoms with Crippen molar-refractivity contribution in [3.05, 3.63) is 58.7 Å². The highest BCUT2D eigenvalue weighted by Gasteiger charge is 2.25. The molecule has 2 aromatic rings. The van der Waals surface area contributed by atoms with E-state index < -0.39 is 0 Å². The van der Waals surface area contributed by atoms with Crippen LogP contribution in [0.4, 0.5) is 5.82 Å². The third kappa shape index (κ3) is 4.77. The molecule has 1 atom stereocenters. The van der Waals surface area contributed by atoms with Gasteiger partial charge in [0, 0.05) is 44.9 Å². The van der Waals surface area contributed by atoms with E-state index >= 15 is 0 Å². The van der Waals surface area contributed by atoms with Crippen LogP contribution >= 0.6 is 11.6 Å². The van der Waals surface area contributed by atoms with Gasteiger partial charge in [0.25, 0.3) is 5.91 Å². The van der Waals surface area contributed by atoms with Crippen molar-refractivity contribution >= 4 is 23.3 Å². The monoisotopic (exact) mass is 388 g/mol. The standard InChI is InChI=1S/C20H25ClN4O2/c1-24(2)19-16(7-5-9-22-19)20(26)23-14-18(25-10-12-27-13-11-25)15-6-3-4-8-17(15)21/h3-9,18H,10-14H2,1-2H3,(H,23,26). The van der Waals surface area contributed by atoms with E-state index in [0.717, 1.165) is 18.7 Å². The van der Waals surface area contributed by atoms with Gasteiger partial charge in [0.2, 0.25) is 0 Å². The number of rotatable bonds is 6. The second-order valence-corrected chi connectivity index (χ2v) is 7.07. The van der Waals surface area contributed by atoms with Crippen LogP contribution in [-0.4, -0.2) is 62.7 Å². The third-order valence-electron chi connectivity index (χ3n) is 4.66. The molecule has 1 unspecified atom stereocenters. The zero-order valence-electron chi connectivity index (χ0n) is 15.7. The van der Waals surface area contributed by atoms with E-state index in [2.05, 4.69) is 15.2 Å². The number of hydrogen-bond donors (Lipinski definition) is 1. The van der Waals surface area contributed by atoms with Crippen molar-refractivity contribution in [2.75, 3.05) is 51.8 Å². The lowest BCUT2D eigenvalue weighted by Gasteiger charge is -2.35. The minimum Gasteiger partial charge on any atom is -0.379 e. The summed E-state index contributed by atoms with van der Waals surface area (Å²) in [4.78, 5) is 21.3. The Morgan fingerprint density at radius 1 is 1.26 bits per heavy atom. The van der Waals surface area contributed by atoms with E-state index in [1.54, 1.807) is 18.3 Å². The maximum atomic E-state index is 12.8. The summed E-state index contributed by atoms with van der Waals surface area (Å²) < 4.78 is 5.48.